The molecule has 9 nitrogen and oxygen atoms in total. The number of benzene rings is 2. The molecule has 0 radical (unpaired) electrons. The molecule has 10 heteroatoms. The summed E-state index contributed by atoms with van der Waals surface area (Å²) in [5.74, 6) is -0.680. The molecule has 0 spiro atoms. The Morgan fingerprint density at radius 2 is 1.93 bits per heavy atom. The quantitative estimate of drug-likeness (QED) is 0.451. The Morgan fingerprint density at radius 3 is 2.66 bits per heavy atom. The summed E-state index contributed by atoms with van der Waals surface area (Å²) in [7, 11) is 0. The molecule has 0 atom stereocenters. The number of carbonyl (C=O) groups excluding carboxylic acids is 2. The number of amides is 2. The van der Waals surface area contributed by atoms with Crippen LogP contribution >= 0.6 is 11.6 Å². The van der Waals surface area contributed by atoms with Crippen LogP contribution in [0.3, 0.4) is 0 Å². The highest BCUT2D eigenvalue weighted by Crippen LogP contribution is 2.27. The first-order valence-electron chi connectivity index (χ1n) is 8.53. The second-order valence-electron chi connectivity index (χ2n) is 6.06. The van der Waals surface area contributed by atoms with Gasteiger partial charge in [-0.1, -0.05) is 17.7 Å². The van der Waals surface area contributed by atoms with Crippen molar-refractivity contribution in [1.29, 1.82) is 0 Å². The molecule has 1 heterocycles. The lowest BCUT2D eigenvalue weighted by atomic mass is 10.1. The maximum absolute atomic E-state index is 12.5. The topological polar surface area (TPSA) is 119 Å². The third kappa shape index (κ3) is 5.39. The van der Waals surface area contributed by atoms with Gasteiger partial charge in [-0.15, -0.1) is 0 Å². The third-order valence-corrected chi connectivity index (χ3v) is 4.29. The van der Waals surface area contributed by atoms with Crippen LogP contribution in [-0.2, 0) is 11.3 Å². The van der Waals surface area contributed by atoms with Crippen LogP contribution in [0, 0.1) is 10.1 Å². The van der Waals surface area contributed by atoms with E-state index in [1.165, 1.54) is 24.3 Å². The van der Waals surface area contributed by atoms with E-state index in [0.717, 1.165) is 0 Å². The van der Waals surface area contributed by atoms with E-state index in [0.29, 0.717) is 12.2 Å². The van der Waals surface area contributed by atoms with Gasteiger partial charge in [0.25, 0.3) is 11.6 Å². The Kier molecular flexibility index (Phi) is 6.20. The molecule has 29 heavy (non-hydrogen) atoms. The molecule has 3 rings (SSSR count). The van der Waals surface area contributed by atoms with E-state index in [1.54, 1.807) is 41.5 Å². The van der Waals surface area contributed by atoms with Gasteiger partial charge in [-0.05, 0) is 30.3 Å². The summed E-state index contributed by atoms with van der Waals surface area (Å²) in [5.41, 5.74) is 0.689. The zero-order chi connectivity index (χ0) is 20.8. The second-order valence-corrected chi connectivity index (χ2v) is 6.46. The number of rotatable bonds is 7. The highest BCUT2D eigenvalue weighted by atomic mass is 35.5. The molecule has 0 aliphatic heterocycles. The minimum absolute atomic E-state index is 0.0200. The van der Waals surface area contributed by atoms with Gasteiger partial charge in [0.15, 0.2) is 0 Å². The normalized spacial score (nSPS) is 10.4. The fourth-order valence-corrected chi connectivity index (χ4v) is 2.73. The Labute approximate surface area is 170 Å². The molecule has 0 saturated heterocycles. The van der Waals surface area contributed by atoms with Crippen LogP contribution in [0.15, 0.2) is 61.2 Å². The summed E-state index contributed by atoms with van der Waals surface area (Å²) in [6.07, 6.45) is 5.27. The lowest BCUT2D eigenvalue weighted by Crippen LogP contribution is -2.15. The van der Waals surface area contributed by atoms with E-state index < -0.39 is 10.8 Å². The summed E-state index contributed by atoms with van der Waals surface area (Å²) in [5, 5.41) is 16.3. The maximum atomic E-state index is 12.5. The number of aromatic nitrogens is 2. The molecule has 0 unspecified atom stereocenters. The number of anilines is 2. The predicted octanol–water partition coefficient (Wildman–Crippen LogP) is 3.73. The second kappa shape index (κ2) is 8.98. The van der Waals surface area contributed by atoms with Crippen LogP contribution in [-0.4, -0.2) is 26.3 Å². The first kappa shape index (κ1) is 20.0. The van der Waals surface area contributed by atoms with Crippen LogP contribution < -0.4 is 10.6 Å². The first-order valence-corrected chi connectivity index (χ1v) is 8.91. The van der Waals surface area contributed by atoms with Crippen LogP contribution in [0.2, 0.25) is 5.02 Å². The molecule has 0 saturated carbocycles. The molecular formula is C19H16ClN5O4. The van der Waals surface area contributed by atoms with Crippen LogP contribution in [0.4, 0.5) is 17.1 Å². The molecule has 0 aliphatic carbocycles. The Hall–Kier alpha value is -3.72. The summed E-state index contributed by atoms with van der Waals surface area (Å²) in [4.78, 5) is 38.8. The minimum atomic E-state index is -0.627. The number of nitro groups is 1. The van der Waals surface area contributed by atoms with Gasteiger partial charge in [0.2, 0.25) is 5.91 Å². The van der Waals surface area contributed by atoms with E-state index in [2.05, 4.69) is 15.6 Å². The van der Waals surface area contributed by atoms with Crippen LogP contribution in [0.1, 0.15) is 16.8 Å². The van der Waals surface area contributed by atoms with Crippen molar-refractivity contribution in [3.05, 3.63) is 81.9 Å². The summed E-state index contributed by atoms with van der Waals surface area (Å²) in [6.45, 7) is 0.487. The molecule has 3 aromatic rings. The summed E-state index contributed by atoms with van der Waals surface area (Å²) in [6, 6.07) is 10.4. The predicted molar refractivity (Wildman–Crippen MR) is 108 cm³/mol. The zero-order valence-corrected chi connectivity index (χ0v) is 15.8. The first-order chi connectivity index (χ1) is 13.9. The molecule has 148 valence electrons. The standard InChI is InChI=1S/C19H16ClN5O4/c20-16-5-4-15(11-17(16)25(28)29)23-19(27)13-2-1-3-14(10-13)22-18(26)6-8-24-9-7-21-12-24/h1-5,7,9-12H,6,8H2,(H,22,26)(H,23,27). The largest absolute Gasteiger partial charge is 0.337 e. The van der Waals surface area contributed by atoms with Crippen LogP contribution in [0.25, 0.3) is 0 Å². The van der Waals surface area contributed by atoms with Crippen molar-refractivity contribution in [2.24, 2.45) is 0 Å². The van der Waals surface area contributed by atoms with E-state index in [9.17, 15) is 19.7 Å². The van der Waals surface area contributed by atoms with Gasteiger partial charge in [0.1, 0.15) is 5.02 Å². The Balaban J connectivity index is 1.64. The van der Waals surface area contributed by atoms with Crippen molar-refractivity contribution in [2.45, 2.75) is 13.0 Å². The highest BCUT2D eigenvalue weighted by Gasteiger charge is 2.15. The molecule has 1 aromatic heterocycles. The maximum Gasteiger partial charge on any atom is 0.289 e. The lowest BCUT2D eigenvalue weighted by molar-refractivity contribution is -0.384. The number of nitro benzene ring substituents is 1. The van der Waals surface area contributed by atoms with Crippen molar-refractivity contribution in [3.63, 3.8) is 0 Å². The number of nitrogens with zero attached hydrogens (tertiary/aromatic N) is 3. The average molecular weight is 414 g/mol. The molecule has 0 aliphatic rings. The van der Waals surface area contributed by atoms with Gasteiger partial charge in [-0.25, -0.2) is 4.98 Å². The Morgan fingerprint density at radius 1 is 1.14 bits per heavy atom. The van der Waals surface area contributed by atoms with Crippen molar-refractivity contribution in [1.82, 2.24) is 9.55 Å². The monoisotopic (exact) mass is 413 g/mol. The van der Waals surface area contributed by atoms with Gasteiger partial charge < -0.3 is 15.2 Å². The number of nitrogens with one attached hydrogen (secondary N) is 2. The molecule has 2 amide bonds. The number of hydrogen-bond acceptors (Lipinski definition) is 5. The number of hydrogen-bond donors (Lipinski definition) is 2. The zero-order valence-electron chi connectivity index (χ0n) is 15.0. The van der Waals surface area contributed by atoms with Crippen molar-refractivity contribution >= 4 is 40.5 Å². The highest BCUT2D eigenvalue weighted by molar-refractivity contribution is 6.32. The SMILES string of the molecule is O=C(CCn1ccnc1)Nc1cccc(C(=O)Nc2ccc(Cl)c([N+](=O)[O-])c2)c1. The van der Waals surface area contributed by atoms with Gasteiger partial charge in [0, 0.05) is 48.4 Å². The number of imidazole rings is 1. The minimum Gasteiger partial charge on any atom is -0.337 e. The summed E-state index contributed by atoms with van der Waals surface area (Å²) >= 11 is 5.77. The lowest BCUT2D eigenvalue weighted by Gasteiger charge is -2.09. The molecule has 2 N–H and O–H groups in total. The third-order valence-electron chi connectivity index (χ3n) is 3.97. The Bertz CT molecular complexity index is 1050. The van der Waals surface area contributed by atoms with Gasteiger partial charge in [-0.2, -0.15) is 0 Å². The van der Waals surface area contributed by atoms with Crippen molar-refractivity contribution in [3.8, 4) is 0 Å². The fraction of sp³-hybridized carbons (Fsp3) is 0.105. The van der Waals surface area contributed by atoms with Gasteiger partial charge >= 0.3 is 0 Å². The van der Waals surface area contributed by atoms with Crippen molar-refractivity contribution < 1.29 is 14.5 Å². The van der Waals surface area contributed by atoms with E-state index >= 15 is 0 Å². The number of halogens is 1. The smallest absolute Gasteiger partial charge is 0.289 e. The molecule has 0 fully saturated rings. The average Bonchev–Trinajstić information content (AvgIpc) is 3.21. The summed E-state index contributed by atoms with van der Waals surface area (Å²) < 4.78 is 1.79. The van der Waals surface area contributed by atoms with E-state index in [1.807, 2.05) is 0 Å². The molecule has 2 aromatic carbocycles. The van der Waals surface area contributed by atoms with Gasteiger partial charge in [0.05, 0.1) is 11.3 Å². The fourth-order valence-electron chi connectivity index (χ4n) is 2.54. The van der Waals surface area contributed by atoms with Crippen molar-refractivity contribution in [2.75, 3.05) is 10.6 Å². The number of carbonyl (C=O) groups is 2. The molecular weight excluding hydrogens is 398 g/mol. The van der Waals surface area contributed by atoms with Crippen LogP contribution in [0.5, 0.6) is 0 Å². The van der Waals surface area contributed by atoms with E-state index in [-0.39, 0.29) is 34.3 Å². The number of aryl methyl sites for hydroxylation is 1. The van der Waals surface area contributed by atoms with E-state index in [4.69, 9.17) is 11.6 Å². The molecule has 0 bridgehead atoms. The van der Waals surface area contributed by atoms with Gasteiger partial charge in [-0.3, -0.25) is 19.7 Å².